The van der Waals surface area contributed by atoms with Crippen LogP contribution in [-0.4, -0.2) is 33.5 Å². The number of carbonyl (C=O) groups is 1. The molecule has 0 bridgehead atoms. The van der Waals surface area contributed by atoms with Crippen molar-refractivity contribution < 1.29 is 19.7 Å². The molecule has 0 radical (unpaired) electrons. The summed E-state index contributed by atoms with van der Waals surface area (Å²) in [6, 6.07) is 3.25. The van der Waals surface area contributed by atoms with Crippen LogP contribution in [0.4, 0.5) is 10.6 Å². The fraction of sp³-hybridized carbons (Fsp3) is 0.600. The van der Waals surface area contributed by atoms with E-state index < -0.39 is 17.3 Å². The average molecular weight is 296 g/mol. The SMILES string of the molecule is CCC(O)(CCO)c1ccnc(NC(=O)OC(C)(C)C)c1. The maximum atomic E-state index is 11.7. The predicted octanol–water partition coefficient (Wildman–Crippen LogP) is 2.41. The van der Waals surface area contributed by atoms with Gasteiger partial charge in [-0.2, -0.15) is 0 Å². The summed E-state index contributed by atoms with van der Waals surface area (Å²) in [5, 5.41) is 22.1. The Morgan fingerprint density at radius 2 is 2.10 bits per heavy atom. The molecule has 1 aromatic rings. The molecule has 6 heteroatoms. The molecule has 21 heavy (non-hydrogen) atoms. The van der Waals surface area contributed by atoms with Crippen LogP contribution in [0.3, 0.4) is 0 Å². The van der Waals surface area contributed by atoms with Crippen LogP contribution in [0.25, 0.3) is 0 Å². The number of aliphatic hydroxyl groups excluding tert-OH is 1. The van der Waals surface area contributed by atoms with E-state index in [1.54, 1.807) is 32.9 Å². The van der Waals surface area contributed by atoms with Gasteiger partial charge in [-0.25, -0.2) is 9.78 Å². The lowest BCUT2D eigenvalue weighted by Gasteiger charge is -2.27. The van der Waals surface area contributed by atoms with Gasteiger partial charge in [-0.3, -0.25) is 5.32 Å². The Balaban J connectivity index is 2.88. The second kappa shape index (κ2) is 6.87. The molecule has 3 N–H and O–H groups in total. The molecule has 0 spiro atoms. The molecule has 1 rings (SSSR count). The molecular formula is C15H24N2O4. The van der Waals surface area contributed by atoms with Crippen LogP contribution >= 0.6 is 0 Å². The molecule has 0 saturated carbocycles. The van der Waals surface area contributed by atoms with Gasteiger partial charge in [-0.15, -0.1) is 0 Å². The van der Waals surface area contributed by atoms with Gasteiger partial charge in [0.05, 0.1) is 5.60 Å². The standard InChI is InChI=1S/C15H24N2O4/c1-5-15(20,7-9-18)11-6-8-16-12(10-11)17-13(19)21-14(2,3)4/h6,8,10,18,20H,5,7,9H2,1-4H3,(H,16,17,19). The van der Waals surface area contributed by atoms with Crippen molar-refractivity contribution >= 4 is 11.9 Å². The molecule has 0 saturated heterocycles. The third kappa shape index (κ3) is 5.32. The zero-order valence-corrected chi connectivity index (χ0v) is 13.0. The fourth-order valence-electron chi connectivity index (χ4n) is 1.91. The van der Waals surface area contributed by atoms with E-state index in [2.05, 4.69) is 10.3 Å². The Morgan fingerprint density at radius 3 is 2.62 bits per heavy atom. The minimum atomic E-state index is -1.14. The van der Waals surface area contributed by atoms with Gasteiger partial charge in [0.2, 0.25) is 0 Å². The zero-order valence-electron chi connectivity index (χ0n) is 13.0. The highest BCUT2D eigenvalue weighted by Gasteiger charge is 2.27. The van der Waals surface area contributed by atoms with Gasteiger partial charge in [-0.05, 0) is 44.9 Å². The van der Waals surface area contributed by atoms with Crippen molar-refractivity contribution in [2.75, 3.05) is 11.9 Å². The maximum absolute atomic E-state index is 11.7. The minimum Gasteiger partial charge on any atom is -0.444 e. The predicted molar refractivity (Wildman–Crippen MR) is 80.0 cm³/mol. The van der Waals surface area contributed by atoms with Crippen LogP contribution < -0.4 is 5.32 Å². The molecule has 0 aliphatic rings. The van der Waals surface area contributed by atoms with Gasteiger partial charge in [-0.1, -0.05) is 6.92 Å². The third-order valence-corrected chi connectivity index (χ3v) is 3.04. The van der Waals surface area contributed by atoms with Crippen LogP contribution in [0.5, 0.6) is 0 Å². The number of aromatic nitrogens is 1. The molecule has 1 amide bonds. The summed E-state index contributed by atoms with van der Waals surface area (Å²) in [6.07, 6.45) is 1.57. The number of aliphatic hydroxyl groups is 2. The normalized spacial score (nSPS) is 14.4. The van der Waals surface area contributed by atoms with Crippen molar-refractivity contribution in [2.24, 2.45) is 0 Å². The average Bonchev–Trinajstić information content (AvgIpc) is 2.37. The Bertz CT molecular complexity index is 485. The zero-order chi connectivity index (χ0) is 16.1. The van der Waals surface area contributed by atoms with Crippen molar-refractivity contribution in [3.8, 4) is 0 Å². The summed E-state index contributed by atoms with van der Waals surface area (Å²) in [4.78, 5) is 15.7. The number of hydrogen-bond acceptors (Lipinski definition) is 5. The smallest absolute Gasteiger partial charge is 0.413 e. The second-order valence-corrected chi connectivity index (χ2v) is 5.92. The van der Waals surface area contributed by atoms with E-state index in [-0.39, 0.29) is 13.0 Å². The summed E-state index contributed by atoms with van der Waals surface area (Å²) in [7, 11) is 0. The van der Waals surface area contributed by atoms with Gasteiger partial charge in [0.1, 0.15) is 11.4 Å². The van der Waals surface area contributed by atoms with E-state index in [1.165, 1.54) is 6.20 Å². The second-order valence-electron chi connectivity index (χ2n) is 5.92. The molecule has 1 heterocycles. The molecule has 0 aliphatic carbocycles. The molecule has 1 aromatic heterocycles. The largest absolute Gasteiger partial charge is 0.444 e. The lowest BCUT2D eigenvalue weighted by molar-refractivity contribution is 0.00772. The molecule has 0 fully saturated rings. The Hall–Kier alpha value is -1.66. The molecule has 6 nitrogen and oxygen atoms in total. The highest BCUT2D eigenvalue weighted by Crippen LogP contribution is 2.29. The topological polar surface area (TPSA) is 91.7 Å². The monoisotopic (exact) mass is 296 g/mol. The maximum Gasteiger partial charge on any atom is 0.413 e. The van der Waals surface area contributed by atoms with Crippen LogP contribution in [0, 0.1) is 0 Å². The van der Waals surface area contributed by atoms with Crippen LogP contribution in [0.1, 0.15) is 46.1 Å². The minimum absolute atomic E-state index is 0.124. The molecule has 1 atom stereocenters. The summed E-state index contributed by atoms with van der Waals surface area (Å²) in [5.74, 6) is 0.298. The molecular weight excluding hydrogens is 272 g/mol. The van der Waals surface area contributed by atoms with Crippen molar-refractivity contribution in [3.63, 3.8) is 0 Å². The number of pyridine rings is 1. The van der Waals surface area contributed by atoms with E-state index in [9.17, 15) is 9.90 Å². The van der Waals surface area contributed by atoms with Gasteiger partial charge in [0.25, 0.3) is 0 Å². The number of rotatable bonds is 5. The van der Waals surface area contributed by atoms with Gasteiger partial charge >= 0.3 is 6.09 Å². The Kier molecular flexibility index (Phi) is 5.69. The van der Waals surface area contributed by atoms with E-state index >= 15 is 0 Å². The first-order valence-electron chi connectivity index (χ1n) is 7.00. The summed E-state index contributed by atoms with van der Waals surface area (Å²) >= 11 is 0. The highest BCUT2D eigenvalue weighted by molar-refractivity contribution is 5.83. The highest BCUT2D eigenvalue weighted by atomic mass is 16.6. The molecule has 0 aromatic carbocycles. The molecule has 0 aliphatic heterocycles. The third-order valence-electron chi connectivity index (χ3n) is 3.04. The number of anilines is 1. The summed E-state index contributed by atoms with van der Waals surface area (Å²) in [6.45, 7) is 7.02. The van der Waals surface area contributed by atoms with Crippen LogP contribution in [0.2, 0.25) is 0 Å². The first kappa shape index (κ1) is 17.4. The fourth-order valence-corrected chi connectivity index (χ4v) is 1.91. The quantitative estimate of drug-likeness (QED) is 0.776. The number of ether oxygens (including phenoxy) is 1. The number of carbonyl (C=O) groups excluding carboxylic acids is 1. The van der Waals surface area contributed by atoms with Gasteiger partial charge in [0.15, 0.2) is 0 Å². The van der Waals surface area contributed by atoms with Gasteiger partial charge in [0, 0.05) is 19.2 Å². The Morgan fingerprint density at radius 1 is 1.43 bits per heavy atom. The molecule has 1 unspecified atom stereocenters. The van der Waals surface area contributed by atoms with Crippen molar-refractivity contribution in [1.29, 1.82) is 0 Å². The van der Waals surface area contributed by atoms with Crippen LogP contribution in [-0.2, 0) is 10.3 Å². The summed E-state index contributed by atoms with van der Waals surface area (Å²) in [5.41, 5.74) is -1.13. The Labute approximate surface area is 125 Å². The van der Waals surface area contributed by atoms with E-state index in [4.69, 9.17) is 9.84 Å². The molecule has 118 valence electrons. The van der Waals surface area contributed by atoms with E-state index in [0.717, 1.165) is 0 Å². The summed E-state index contributed by atoms with van der Waals surface area (Å²) < 4.78 is 5.15. The lowest BCUT2D eigenvalue weighted by atomic mass is 9.89. The first-order chi connectivity index (χ1) is 9.70. The van der Waals surface area contributed by atoms with Crippen molar-refractivity contribution in [3.05, 3.63) is 23.9 Å². The number of nitrogens with zero attached hydrogens (tertiary/aromatic N) is 1. The van der Waals surface area contributed by atoms with E-state index in [1.807, 2.05) is 6.92 Å². The van der Waals surface area contributed by atoms with Crippen molar-refractivity contribution in [2.45, 2.75) is 51.7 Å². The first-order valence-corrected chi connectivity index (χ1v) is 7.00. The number of amides is 1. The number of hydrogen-bond donors (Lipinski definition) is 3. The van der Waals surface area contributed by atoms with E-state index in [0.29, 0.717) is 17.8 Å². The van der Waals surface area contributed by atoms with Crippen molar-refractivity contribution in [1.82, 2.24) is 4.98 Å². The lowest BCUT2D eigenvalue weighted by Crippen LogP contribution is -2.28. The number of nitrogens with one attached hydrogen (secondary N) is 1. The van der Waals surface area contributed by atoms with Crippen LogP contribution in [0.15, 0.2) is 18.3 Å². The van der Waals surface area contributed by atoms with Gasteiger partial charge < -0.3 is 14.9 Å².